The summed E-state index contributed by atoms with van der Waals surface area (Å²) in [5.41, 5.74) is 8.28. The molecular weight excluding hydrogens is 214 g/mol. The van der Waals surface area contributed by atoms with Gasteiger partial charge in [0.15, 0.2) is 17.1 Å². The van der Waals surface area contributed by atoms with E-state index in [2.05, 4.69) is 9.97 Å². The summed E-state index contributed by atoms with van der Waals surface area (Å²) < 4.78 is 5.81. The fourth-order valence-corrected chi connectivity index (χ4v) is 2.73. The zero-order chi connectivity index (χ0) is 11.8. The number of hydrogen-bond donors (Lipinski definition) is 1. The van der Waals surface area contributed by atoms with E-state index in [9.17, 15) is 0 Å². The molecule has 2 atom stereocenters. The average molecular weight is 231 g/mol. The number of aryl methyl sites for hydroxylation is 1. The SMILES string of the molecule is Cc1ccc2oc(C3CCCC3CN)nc2n1. The van der Waals surface area contributed by atoms with Gasteiger partial charge in [0, 0.05) is 11.6 Å². The molecule has 2 N–H and O–H groups in total. The second-order valence-corrected chi connectivity index (χ2v) is 4.86. The molecule has 2 heterocycles. The van der Waals surface area contributed by atoms with Crippen LogP contribution in [0.1, 0.15) is 36.8 Å². The highest BCUT2D eigenvalue weighted by molar-refractivity contribution is 5.67. The quantitative estimate of drug-likeness (QED) is 0.861. The number of nitrogens with two attached hydrogens (primary N) is 1. The topological polar surface area (TPSA) is 64.9 Å². The van der Waals surface area contributed by atoms with Gasteiger partial charge < -0.3 is 10.2 Å². The maximum atomic E-state index is 5.81. The number of nitrogens with zero attached hydrogens (tertiary/aromatic N) is 2. The maximum Gasteiger partial charge on any atom is 0.200 e. The van der Waals surface area contributed by atoms with Gasteiger partial charge in [-0.2, -0.15) is 4.98 Å². The van der Waals surface area contributed by atoms with E-state index in [4.69, 9.17) is 10.2 Å². The van der Waals surface area contributed by atoms with Crippen molar-refractivity contribution < 1.29 is 4.42 Å². The fraction of sp³-hybridized carbons (Fsp3) is 0.538. The monoisotopic (exact) mass is 231 g/mol. The Morgan fingerprint density at radius 2 is 2.24 bits per heavy atom. The Labute approximate surface area is 100 Å². The van der Waals surface area contributed by atoms with Crippen molar-refractivity contribution >= 4 is 11.2 Å². The van der Waals surface area contributed by atoms with E-state index in [0.29, 0.717) is 11.8 Å². The summed E-state index contributed by atoms with van der Waals surface area (Å²) in [7, 11) is 0. The van der Waals surface area contributed by atoms with E-state index < -0.39 is 0 Å². The minimum absolute atomic E-state index is 0.384. The zero-order valence-corrected chi connectivity index (χ0v) is 10.0. The van der Waals surface area contributed by atoms with Gasteiger partial charge in [0.25, 0.3) is 0 Å². The molecule has 1 aliphatic carbocycles. The molecule has 4 heteroatoms. The molecule has 2 aromatic rings. The lowest BCUT2D eigenvalue weighted by molar-refractivity contribution is 0.401. The lowest BCUT2D eigenvalue weighted by Crippen LogP contribution is -2.17. The smallest absolute Gasteiger partial charge is 0.200 e. The molecule has 1 aliphatic rings. The molecule has 1 fully saturated rings. The van der Waals surface area contributed by atoms with Gasteiger partial charge in [-0.05, 0) is 44.4 Å². The molecule has 0 aromatic carbocycles. The zero-order valence-electron chi connectivity index (χ0n) is 10.0. The van der Waals surface area contributed by atoms with Crippen LogP contribution in [0.4, 0.5) is 0 Å². The summed E-state index contributed by atoms with van der Waals surface area (Å²) in [6.07, 6.45) is 3.54. The van der Waals surface area contributed by atoms with Crippen LogP contribution in [0.3, 0.4) is 0 Å². The molecule has 0 saturated heterocycles. The highest BCUT2D eigenvalue weighted by Crippen LogP contribution is 2.39. The molecule has 1 saturated carbocycles. The van der Waals surface area contributed by atoms with Crippen molar-refractivity contribution in [3.05, 3.63) is 23.7 Å². The van der Waals surface area contributed by atoms with Crippen LogP contribution in [-0.4, -0.2) is 16.5 Å². The van der Waals surface area contributed by atoms with Crippen LogP contribution in [0.15, 0.2) is 16.5 Å². The standard InChI is InChI=1S/C13H17N3O/c1-8-5-6-11-12(15-8)16-13(17-11)10-4-2-3-9(10)7-14/h5-6,9-10H,2-4,7,14H2,1H3. The molecule has 2 unspecified atom stereocenters. The molecule has 17 heavy (non-hydrogen) atoms. The predicted octanol–water partition coefficient (Wildman–Crippen LogP) is 2.37. The Bertz CT molecular complexity index is 534. The molecule has 0 radical (unpaired) electrons. The normalized spacial score (nSPS) is 24.6. The largest absolute Gasteiger partial charge is 0.439 e. The second kappa shape index (κ2) is 4.11. The molecule has 0 amide bonds. The van der Waals surface area contributed by atoms with Gasteiger partial charge in [0.2, 0.25) is 0 Å². The van der Waals surface area contributed by atoms with Crippen molar-refractivity contribution in [2.24, 2.45) is 11.7 Å². The van der Waals surface area contributed by atoms with E-state index in [1.807, 2.05) is 19.1 Å². The van der Waals surface area contributed by atoms with E-state index >= 15 is 0 Å². The van der Waals surface area contributed by atoms with Crippen molar-refractivity contribution in [2.45, 2.75) is 32.1 Å². The summed E-state index contributed by atoms with van der Waals surface area (Å²) in [4.78, 5) is 8.90. The molecule has 90 valence electrons. The fourth-order valence-electron chi connectivity index (χ4n) is 2.73. The van der Waals surface area contributed by atoms with Crippen molar-refractivity contribution in [1.29, 1.82) is 0 Å². The van der Waals surface area contributed by atoms with Gasteiger partial charge in [-0.1, -0.05) is 6.42 Å². The third-order valence-electron chi connectivity index (χ3n) is 3.69. The average Bonchev–Trinajstić information content (AvgIpc) is 2.93. The Hall–Kier alpha value is -1.42. The predicted molar refractivity (Wildman–Crippen MR) is 65.7 cm³/mol. The van der Waals surface area contributed by atoms with Gasteiger partial charge in [0.1, 0.15) is 0 Å². The third-order valence-corrected chi connectivity index (χ3v) is 3.69. The first kappa shape index (κ1) is 10.7. The van der Waals surface area contributed by atoms with Gasteiger partial charge in [-0.3, -0.25) is 0 Å². The van der Waals surface area contributed by atoms with Crippen LogP contribution < -0.4 is 5.73 Å². The Morgan fingerprint density at radius 3 is 3.06 bits per heavy atom. The number of rotatable bonds is 2. The van der Waals surface area contributed by atoms with Crippen LogP contribution in [-0.2, 0) is 0 Å². The van der Waals surface area contributed by atoms with Crippen molar-refractivity contribution in [2.75, 3.05) is 6.54 Å². The lowest BCUT2D eigenvalue weighted by Gasteiger charge is -2.13. The van der Waals surface area contributed by atoms with E-state index in [1.165, 1.54) is 12.8 Å². The van der Waals surface area contributed by atoms with Gasteiger partial charge in [-0.15, -0.1) is 0 Å². The van der Waals surface area contributed by atoms with Gasteiger partial charge in [0.05, 0.1) is 0 Å². The molecule has 0 bridgehead atoms. The Morgan fingerprint density at radius 1 is 1.35 bits per heavy atom. The second-order valence-electron chi connectivity index (χ2n) is 4.86. The van der Waals surface area contributed by atoms with Crippen LogP contribution >= 0.6 is 0 Å². The minimum Gasteiger partial charge on any atom is -0.439 e. The first-order valence-corrected chi connectivity index (χ1v) is 6.22. The lowest BCUT2D eigenvalue weighted by atomic mass is 9.96. The van der Waals surface area contributed by atoms with E-state index in [-0.39, 0.29) is 0 Å². The summed E-state index contributed by atoms with van der Waals surface area (Å²) in [5, 5.41) is 0. The van der Waals surface area contributed by atoms with E-state index in [1.54, 1.807) is 0 Å². The molecule has 0 aliphatic heterocycles. The van der Waals surface area contributed by atoms with Gasteiger partial charge >= 0.3 is 0 Å². The molecule has 3 rings (SSSR count). The van der Waals surface area contributed by atoms with Crippen LogP contribution in [0, 0.1) is 12.8 Å². The minimum atomic E-state index is 0.384. The van der Waals surface area contributed by atoms with Crippen molar-refractivity contribution in [3.63, 3.8) is 0 Å². The summed E-state index contributed by atoms with van der Waals surface area (Å²) >= 11 is 0. The van der Waals surface area contributed by atoms with Crippen LogP contribution in [0.2, 0.25) is 0 Å². The number of pyridine rings is 1. The van der Waals surface area contributed by atoms with Crippen molar-refractivity contribution in [1.82, 2.24) is 9.97 Å². The van der Waals surface area contributed by atoms with Crippen molar-refractivity contribution in [3.8, 4) is 0 Å². The summed E-state index contributed by atoms with van der Waals surface area (Å²) in [6, 6.07) is 3.90. The molecule has 4 nitrogen and oxygen atoms in total. The molecule has 2 aromatic heterocycles. The third kappa shape index (κ3) is 1.82. The summed E-state index contributed by atoms with van der Waals surface area (Å²) in [6.45, 7) is 2.68. The first-order chi connectivity index (χ1) is 8.28. The van der Waals surface area contributed by atoms with Crippen LogP contribution in [0.25, 0.3) is 11.2 Å². The number of fused-ring (bicyclic) bond motifs is 1. The number of oxazole rings is 1. The highest BCUT2D eigenvalue weighted by Gasteiger charge is 2.31. The van der Waals surface area contributed by atoms with Gasteiger partial charge in [-0.25, -0.2) is 4.98 Å². The van der Waals surface area contributed by atoms with E-state index in [0.717, 1.165) is 35.8 Å². The number of aromatic nitrogens is 2. The number of hydrogen-bond acceptors (Lipinski definition) is 4. The molecular formula is C13H17N3O. The Kier molecular flexibility index (Phi) is 2.59. The molecule has 0 spiro atoms. The summed E-state index contributed by atoms with van der Waals surface area (Å²) in [5.74, 6) is 1.73. The first-order valence-electron chi connectivity index (χ1n) is 6.22. The highest BCUT2D eigenvalue weighted by atomic mass is 16.3. The van der Waals surface area contributed by atoms with Crippen LogP contribution in [0.5, 0.6) is 0 Å². The maximum absolute atomic E-state index is 5.81. The Balaban J connectivity index is 2.00.